The summed E-state index contributed by atoms with van der Waals surface area (Å²) in [5.74, 6) is 0.572. The molecule has 0 saturated carbocycles. The molecule has 3 N–H and O–H groups in total. The number of nitrogens with zero attached hydrogens (tertiary/aromatic N) is 3. The van der Waals surface area contributed by atoms with E-state index >= 15 is 0 Å². The monoisotopic (exact) mass is 269 g/mol. The van der Waals surface area contributed by atoms with Crippen LogP contribution in [0.15, 0.2) is 0 Å². The highest BCUT2D eigenvalue weighted by atomic mass is 16.3. The van der Waals surface area contributed by atoms with Crippen LogP contribution in [-0.2, 0) is 0 Å². The molecule has 0 aliphatic rings. The molecule has 7 heteroatoms. The van der Waals surface area contributed by atoms with Crippen LogP contribution in [0.1, 0.15) is 43.1 Å². The van der Waals surface area contributed by atoms with Crippen molar-refractivity contribution >= 4 is 5.91 Å². The van der Waals surface area contributed by atoms with E-state index < -0.39 is 5.60 Å². The molecule has 0 aromatic carbocycles. The van der Waals surface area contributed by atoms with E-state index in [1.54, 1.807) is 6.92 Å². The number of carbonyl (C=O) groups excluding carboxylic acids is 1. The summed E-state index contributed by atoms with van der Waals surface area (Å²) in [7, 11) is 3.72. The van der Waals surface area contributed by atoms with Crippen molar-refractivity contribution in [2.24, 2.45) is 0 Å². The Morgan fingerprint density at radius 1 is 1.53 bits per heavy atom. The average molecular weight is 269 g/mol. The standard InChI is InChI=1S/C12H23N5O2/c1-8(2)9-14-10(16-15-9)11(18)13-6-12(3,19)7-17(4)5/h8,19H,6-7H2,1-5H3,(H,13,18)(H,14,15,16). The molecule has 7 nitrogen and oxygen atoms in total. The molecule has 1 unspecified atom stereocenters. The maximum atomic E-state index is 11.8. The first kappa shape index (κ1) is 15.6. The van der Waals surface area contributed by atoms with E-state index in [1.807, 2.05) is 32.8 Å². The quantitative estimate of drug-likeness (QED) is 0.674. The zero-order chi connectivity index (χ0) is 14.6. The molecule has 1 atom stereocenters. The minimum Gasteiger partial charge on any atom is -0.387 e. The van der Waals surface area contributed by atoms with E-state index in [0.29, 0.717) is 12.4 Å². The van der Waals surface area contributed by atoms with Crippen molar-refractivity contribution in [2.75, 3.05) is 27.2 Å². The highest BCUT2D eigenvalue weighted by molar-refractivity contribution is 5.90. The van der Waals surface area contributed by atoms with Crippen molar-refractivity contribution in [1.29, 1.82) is 0 Å². The Bertz CT molecular complexity index is 426. The number of rotatable bonds is 6. The van der Waals surface area contributed by atoms with Gasteiger partial charge in [-0.15, -0.1) is 5.10 Å². The summed E-state index contributed by atoms with van der Waals surface area (Å²) in [6.45, 7) is 6.20. The highest BCUT2D eigenvalue weighted by Gasteiger charge is 2.23. The first-order valence-corrected chi connectivity index (χ1v) is 6.29. The van der Waals surface area contributed by atoms with Crippen molar-refractivity contribution in [3.63, 3.8) is 0 Å². The van der Waals surface area contributed by atoms with Crippen LogP contribution in [0.4, 0.5) is 0 Å². The summed E-state index contributed by atoms with van der Waals surface area (Å²) in [5.41, 5.74) is -0.990. The fourth-order valence-electron chi connectivity index (χ4n) is 1.72. The SMILES string of the molecule is CC(C)c1nc(C(=O)NCC(C)(O)CN(C)C)n[nH]1. The number of aromatic nitrogens is 3. The number of aliphatic hydroxyl groups is 1. The minimum absolute atomic E-state index is 0.101. The van der Waals surface area contributed by atoms with Crippen LogP contribution < -0.4 is 5.32 Å². The van der Waals surface area contributed by atoms with E-state index in [9.17, 15) is 9.90 Å². The number of hydrogen-bond donors (Lipinski definition) is 3. The molecule has 108 valence electrons. The van der Waals surface area contributed by atoms with Crippen molar-refractivity contribution in [3.8, 4) is 0 Å². The predicted molar refractivity (Wildman–Crippen MR) is 72.0 cm³/mol. The molecule has 1 amide bonds. The van der Waals surface area contributed by atoms with E-state index in [2.05, 4.69) is 20.5 Å². The van der Waals surface area contributed by atoms with Gasteiger partial charge >= 0.3 is 0 Å². The molecule has 0 aliphatic carbocycles. The number of carbonyl (C=O) groups is 1. The lowest BCUT2D eigenvalue weighted by Gasteiger charge is -2.26. The van der Waals surface area contributed by atoms with Crippen LogP contribution in [0, 0.1) is 0 Å². The van der Waals surface area contributed by atoms with Crippen LogP contribution >= 0.6 is 0 Å². The largest absolute Gasteiger partial charge is 0.387 e. The first-order chi connectivity index (χ1) is 8.71. The van der Waals surface area contributed by atoms with Crippen LogP contribution in [-0.4, -0.2) is 63.9 Å². The summed E-state index contributed by atoms with van der Waals surface area (Å²) >= 11 is 0. The van der Waals surface area contributed by atoms with Gasteiger partial charge in [0, 0.05) is 19.0 Å². The Kier molecular flexibility index (Phi) is 5.02. The smallest absolute Gasteiger partial charge is 0.291 e. The Morgan fingerprint density at radius 2 is 2.16 bits per heavy atom. The molecule has 1 heterocycles. The second kappa shape index (κ2) is 6.12. The lowest BCUT2D eigenvalue weighted by atomic mass is 10.1. The number of hydrogen-bond acceptors (Lipinski definition) is 5. The fourth-order valence-corrected chi connectivity index (χ4v) is 1.72. The number of H-pyrrole nitrogens is 1. The maximum Gasteiger partial charge on any atom is 0.291 e. The molecule has 0 aliphatic heterocycles. The molecular weight excluding hydrogens is 246 g/mol. The molecule has 0 saturated heterocycles. The van der Waals surface area contributed by atoms with Crippen molar-refractivity contribution in [1.82, 2.24) is 25.4 Å². The highest BCUT2D eigenvalue weighted by Crippen LogP contribution is 2.08. The second-order valence-corrected chi connectivity index (χ2v) is 5.62. The van der Waals surface area contributed by atoms with E-state index in [-0.39, 0.29) is 24.2 Å². The molecule has 1 aromatic heterocycles. The minimum atomic E-state index is -0.990. The van der Waals surface area contributed by atoms with Gasteiger partial charge < -0.3 is 15.3 Å². The zero-order valence-corrected chi connectivity index (χ0v) is 12.2. The lowest BCUT2D eigenvalue weighted by Crippen LogP contribution is -2.47. The number of amides is 1. The molecular formula is C12H23N5O2. The number of likely N-dealkylation sites (N-methyl/N-ethyl adjacent to an activating group) is 1. The molecule has 1 aromatic rings. The Labute approximate surface area is 113 Å². The van der Waals surface area contributed by atoms with E-state index in [1.165, 1.54) is 0 Å². The van der Waals surface area contributed by atoms with Gasteiger partial charge in [-0.3, -0.25) is 9.89 Å². The molecule has 0 bridgehead atoms. The third kappa shape index (κ3) is 4.96. The van der Waals surface area contributed by atoms with Gasteiger partial charge in [0.05, 0.1) is 5.60 Å². The number of nitrogens with one attached hydrogen (secondary N) is 2. The Hall–Kier alpha value is -1.47. The summed E-state index contributed by atoms with van der Waals surface area (Å²) in [6.07, 6.45) is 0. The Morgan fingerprint density at radius 3 is 2.63 bits per heavy atom. The summed E-state index contributed by atoms with van der Waals surface area (Å²) < 4.78 is 0. The predicted octanol–water partition coefficient (Wildman–Crippen LogP) is -0.0295. The van der Waals surface area contributed by atoms with E-state index in [0.717, 1.165) is 0 Å². The third-order valence-electron chi connectivity index (χ3n) is 2.54. The van der Waals surface area contributed by atoms with Gasteiger partial charge in [0.15, 0.2) is 0 Å². The van der Waals surface area contributed by atoms with Gasteiger partial charge in [-0.25, -0.2) is 4.98 Å². The van der Waals surface area contributed by atoms with Crippen LogP contribution in [0.2, 0.25) is 0 Å². The summed E-state index contributed by atoms with van der Waals surface area (Å²) in [4.78, 5) is 17.8. The van der Waals surface area contributed by atoms with Gasteiger partial charge in [-0.05, 0) is 21.0 Å². The molecule has 0 radical (unpaired) electrons. The van der Waals surface area contributed by atoms with Gasteiger partial charge in [0.2, 0.25) is 5.82 Å². The second-order valence-electron chi connectivity index (χ2n) is 5.62. The van der Waals surface area contributed by atoms with Crippen molar-refractivity contribution in [2.45, 2.75) is 32.3 Å². The van der Waals surface area contributed by atoms with E-state index in [4.69, 9.17) is 0 Å². The molecule has 0 spiro atoms. The van der Waals surface area contributed by atoms with Gasteiger partial charge in [0.25, 0.3) is 5.91 Å². The summed E-state index contributed by atoms with van der Waals surface area (Å²) in [6, 6.07) is 0. The molecule has 0 fully saturated rings. The topological polar surface area (TPSA) is 94.1 Å². The summed E-state index contributed by atoms with van der Waals surface area (Å²) in [5, 5.41) is 19.3. The fraction of sp³-hybridized carbons (Fsp3) is 0.750. The maximum absolute atomic E-state index is 11.8. The zero-order valence-electron chi connectivity index (χ0n) is 12.2. The third-order valence-corrected chi connectivity index (χ3v) is 2.54. The molecule has 1 rings (SSSR count). The average Bonchev–Trinajstić information content (AvgIpc) is 2.73. The van der Waals surface area contributed by atoms with Crippen LogP contribution in [0.5, 0.6) is 0 Å². The molecule has 19 heavy (non-hydrogen) atoms. The first-order valence-electron chi connectivity index (χ1n) is 6.29. The number of aromatic amines is 1. The van der Waals surface area contributed by atoms with Crippen LogP contribution in [0.25, 0.3) is 0 Å². The normalized spacial score (nSPS) is 14.7. The lowest BCUT2D eigenvalue weighted by molar-refractivity contribution is 0.0324. The Balaban J connectivity index is 2.55. The van der Waals surface area contributed by atoms with Gasteiger partial charge in [-0.1, -0.05) is 13.8 Å². The van der Waals surface area contributed by atoms with Crippen molar-refractivity contribution in [3.05, 3.63) is 11.6 Å². The van der Waals surface area contributed by atoms with Gasteiger partial charge in [0.1, 0.15) is 5.82 Å². The van der Waals surface area contributed by atoms with Crippen molar-refractivity contribution < 1.29 is 9.90 Å². The van der Waals surface area contributed by atoms with Gasteiger partial charge in [-0.2, -0.15) is 0 Å². The van der Waals surface area contributed by atoms with Crippen LogP contribution in [0.3, 0.4) is 0 Å².